The summed E-state index contributed by atoms with van der Waals surface area (Å²) in [6.45, 7) is 5.73. The van der Waals surface area contributed by atoms with Gasteiger partial charge in [0, 0.05) is 57.0 Å². The van der Waals surface area contributed by atoms with Crippen molar-refractivity contribution in [2.45, 2.75) is 25.9 Å². The zero-order valence-corrected chi connectivity index (χ0v) is 26.6. The lowest BCUT2D eigenvalue weighted by molar-refractivity contribution is -0.131. The zero-order chi connectivity index (χ0) is 31.9. The van der Waals surface area contributed by atoms with Gasteiger partial charge in [-0.1, -0.05) is 42.5 Å². The first-order valence-electron chi connectivity index (χ1n) is 15.7. The minimum absolute atomic E-state index is 0.0796. The average Bonchev–Trinajstić information content (AvgIpc) is 3.55. The first kappa shape index (κ1) is 30.8. The van der Waals surface area contributed by atoms with Crippen LogP contribution in [0.15, 0.2) is 97.3 Å². The smallest absolute Gasteiger partial charge is 0.223 e. The van der Waals surface area contributed by atoms with Crippen molar-refractivity contribution in [1.82, 2.24) is 14.3 Å². The number of pyridine rings is 1. The fourth-order valence-electron chi connectivity index (χ4n) is 6.03. The molecule has 0 unspecified atom stereocenters. The fraction of sp³-hybridized carbons (Fsp3) is 0.297. The topological polar surface area (TPSA) is 77.8 Å². The van der Waals surface area contributed by atoms with E-state index < -0.39 is 0 Å². The van der Waals surface area contributed by atoms with E-state index >= 15 is 0 Å². The summed E-state index contributed by atoms with van der Waals surface area (Å²) >= 11 is 0. The maximum Gasteiger partial charge on any atom is 0.223 e. The third-order valence-electron chi connectivity index (χ3n) is 8.42. The van der Waals surface area contributed by atoms with Crippen molar-refractivity contribution in [2.24, 2.45) is 0 Å². The Morgan fingerprint density at radius 1 is 0.826 bits per heavy atom. The molecule has 3 heterocycles. The molecule has 2 aromatic heterocycles. The molecule has 0 bridgehead atoms. The number of hydrogen-bond donors (Lipinski definition) is 0. The number of anilines is 1. The summed E-state index contributed by atoms with van der Waals surface area (Å²) in [7, 11) is 3.26. The predicted molar refractivity (Wildman–Crippen MR) is 178 cm³/mol. The Labute approximate surface area is 269 Å². The lowest BCUT2D eigenvalue weighted by atomic mass is 9.91. The SMILES string of the molecule is CCOc1ccccc1N1CCN(C(=O)C[C@@H](c2cc(OC)cc(OC)c2)c2cnc3c(OCc4ccccc4)cccn23)CC1. The molecule has 0 N–H and O–H groups in total. The average molecular weight is 621 g/mol. The van der Waals surface area contributed by atoms with Gasteiger partial charge in [-0.05, 0) is 54.4 Å². The maximum absolute atomic E-state index is 14.0. The third kappa shape index (κ3) is 6.73. The van der Waals surface area contributed by atoms with Crippen LogP contribution in [0.4, 0.5) is 5.69 Å². The van der Waals surface area contributed by atoms with Crippen molar-refractivity contribution in [3.05, 3.63) is 114 Å². The minimum Gasteiger partial charge on any atom is -0.497 e. The van der Waals surface area contributed by atoms with Gasteiger partial charge in [-0.2, -0.15) is 0 Å². The molecule has 0 spiro atoms. The second-order valence-corrected chi connectivity index (χ2v) is 11.2. The first-order valence-corrected chi connectivity index (χ1v) is 15.7. The second kappa shape index (κ2) is 14.3. The number of benzene rings is 3. The van der Waals surface area contributed by atoms with Gasteiger partial charge in [0.05, 0.1) is 32.2 Å². The van der Waals surface area contributed by atoms with E-state index in [1.165, 1.54) is 0 Å². The molecule has 5 aromatic rings. The summed E-state index contributed by atoms with van der Waals surface area (Å²) in [6.07, 6.45) is 4.07. The highest BCUT2D eigenvalue weighted by Gasteiger charge is 2.29. The van der Waals surface area contributed by atoms with E-state index in [0.29, 0.717) is 49.2 Å². The number of rotatable bonds is 12. The summed E-state index contributed by atoms with van der Waals surface area (Å²) < 4.78 is 25.3. The lowest BCUT2D eigenvalue weighted by Gasteiger charge is -2.37. The number of carbonyl (C=O) groups excluding carboxylic acids is 1. The molecule has 1 atom stereocenters. The van der Waals surface area contributed by atoms with Crippen molar-refractivity contribution in [3.8, 4) is 23.0 Å². The molecule has 1 fully saturated rings. The van der Waals surface area contributed by atoms with Gasteiger partial charge in [0.25, 0.3) is 0 Å². The van der Waals surface area contributed by atoms with Crippen LogP contribution in [0.5, 0.6) is 23.0 Å². The first-order chi connectivity index (χ1) is 22.6. The molecule has 0 saturated carbocycles. The van der Waals surface area contributed by atoms with Gasteiger partial charge in [0.15, 0.2) is 11.4 Å². The number of nitrogens with zero attached hydrogens (tertiary/aromatic N) is 4. The summed E-state index contributed by atoms with van der Waals surface area (Å²) in [6, 6.07) is 27.8. The van der Waals surface area contributed by atoms with Crippen LogP contribution in [0.25, 0.3) is 5.65 Å². The molecule has 1 amide bonds. The summed E-state index contributed by atoms with van der Waals surface area (Å²) in [5.41, 5.74) is 4.63. The number of carbonyl (C=O) groups is 1. The summed E-state index contributed by atoms with van der Waals surface area (Å²) in [4.78, 5) is 23.1. The van der Waals surface area contributed by atoms with E-state index in [1.54, 1.807) is 14.2 Å². The molecule has 1 aliphatic rings. The number of fused-ring (bicyclic) bond motifs is 1. The molecule has 0 aliphatic carbocycles. The third-order valence-corrected chi connectivity index (χ3v) is 8.42. The van der Waals surface area contributed by atoms with Gasteiger partial charge in [-0.15, -0.1) is 0 Å². The Hall–Kier alpha value is -5.18. The van der Waals surface area contributed by atoms with E-state index in [4.69, 9.17) is 23.9 Å². The van der Waals surface area contributed by atoms with Crippen LogP contribution >= 0.6 is 0 Å². The standard InChI is InChI=1S/C37H40N4O5/c1-4-45-34-14-9-8-13-32(34)39-17-19-40(20-18-39)36(42)24-31(28-21-29(43-2)23-30(22-28)44-3)33-25-38-37-35(15-10-16-41(33)37)46-26-27-11-6-5-7-12-27/h5-16,21-23,25,31H,4,17-20,24,26H2,1-3H3/t31-/m0/s1. The number of piperazine rings is 1. The maximum atomic E-state index is 14.0. The number of para-hydroxylation sites is 2. The monoisotopic (exact) mass is 620 g/mol. The van der Waals surface area contributed by atoms with Crippen LogP contribution in [-0.2, 0) is 11.4 Å². The molecule has 9 nitrogen and oxygen atoms in total. The van der Waals surface area contributed by atoms with Crippen molar-refractivity contribution in [1.29, 1.82) is 0 Å². The Morgan fingerprint density at radius 3 is 2.24 bits per heavy atom. The Bertz CT molecular complexity index is 1740. The number of imidazole rings is 1. The number of ether oxygens (including phenoxy) is 4. The summed E-state index contributed by atoms with van der Waals surface area (Å²) in [5, 5.41) is 0. The molecule has 238 valence electrons. The zero-order valence-electron chi connectivity index (χ0n) is 26.6. The van der Waals surface area contributed by atoms with Crippen molar-refractivity contribution >= 4 is 17.2 Å². The van der Waals surface area contributed by atoms with Crippen LogP contribution in [0.1, 0.15) is 36.1 Å². The highest BCUT2D eigenvalue weighted by Crippen LogP contribution is 2.36. The predicted octanol–water partition coefficient (Wildman–Crippen LogP) is 6.20. The lowest BCUT2D eigenvalue weighted by Crippen LogP contribution is -2.49. The Kier molecular flexibility index (Phi) is 9.57. The number of aromatic nitrogens is 2. The highest BCUT2D eigenvalue weighted by atomic mass is 16.5. The minimum atomic E-state index is -0.312. The van der Waals surface area contributed by atoms with Gasteiger partial charge in [0.1, 0.15) is 23.9 Å². The Morgan fingerprint density at radius 2 is 1.52 bits per heavy atom. The molecule has 3 aromatic carbocycles. The van der Waals surface area contributed by atoms with E-state index in [9.17, 15) is 4.79 Å². The van der Waals surface area contributed by atoms with Gasteiger partial charge in [-0.25, -0.2) is 4.98 Å². The molecule has 46 heavy (non-hydrogen) atoms. The van der Waals surface area contributed by atoms with E-state index in [0.717, 1.165) is 41.3 Å². The van der Waals surface area contributed by atoms with Gasteiger partial charge >= 0.3 is 0 Å². The normalized spacial score (nSPS) is 13.8. The van der Waals surface area contributed by atoms with Crippen LogP contribution in [-0.4, -0.2) is 67.2 Å². The number of amides is 1. The molecule has 9 heteroatoms. The molecule has 1 aliphatic heterocycles. The summed E-state index contributed by atoms with van der Waals surface area (Å²) in [5.74, 6) is 2.64. The van der Waals surface area contributed by atoms with Gasteiger partial charge < -0.3 is 33.1 Å². The Balaban J connectivity index is 1.27. The van der Waals surface area contributed by atoms with E-state index in [-0.39, 0.29) is 18.2 Å². The van der Waals surface area contributed by atoms with E-state index in [2.05, 4.69) is 11.0 Å². The highest BCUT2D eigenvalue weighted by molar-refractivity contribution is 5.78. The molecular formula is C37H40N4O5. The number of hydrogen-bond acceptors (Lipinski definition) is 7. The number of methoxy groups -OCH3 is 2. The second-order valence-electron chi connectivity index (χ2n) is 11.2. The van der Waals surface area contributed by atoms with Crippen LogP contribution < -0.4 is 23.8 Å². The van der Waals surface area contributed by atoms with Crippen molar-refractivity contribution < 1.29 is 23.7 Å². The molecule has 0 radical (unpaired) electrons. The van der Waals surface area contributed by atoms with Gasteiger partial charge in [-0.3, -0.25) is 4.79 Å². The van der Waals surface area contributed by atoms with Crippen LogP contribution in [0, 0.1) is 0 Å². The van der Waals surface area contributed by atoms with E-state index in [1.807, 2.05) is 107 Å². The van der Waals surface area contributed by atoms with Crippen LogP contribution in [0.2, 0.25) is 0 Å². The molecule has 6 rings (SSSR count). The quantitative estimate of drug-likeness (QED) is 0.164. The fourth-order valence-corrected chi connectivity index (χ4v) is 6.03. The largest absolute Gasteiger partial charge is 0.497 e. The molecule has 1 saturated heterocycles. The van der Waals surface area contributed by atoms with Gasteiger partial charge in [0.2, 0.25) is 5.91 Å². The molecular weight excluding hydrogens is 580 g/mol. The van der Waals surface area contributed by atoms with Crippen LogP contribution in [0.3, 0.4) is 0 Å². The van der Waals surface area contributed by atoms with Crippen molar-refractivity contribution in [3.63, 3.8) is 0 Å². The van der Waals surface area contributed by atoms with Crippen molar-refractivity contribution in [2.75, 3.05) is 51.9 Å².